The van der Waals surface area contributed by atoms with Crippen LogP contribution in [0, 0.1) is 0 Å². The summed E-state index contributed by atoms with van der Waals surface area (Å²) in [5.41, 5.74) is 0. The number of fused-ring (bicyclic) bond motifs is 1. The molecule has 3 rings (SSSR count). The number of rotatable bonds is 6. The number of morpholine rings is 1. The van der Waals surface area contributed by atoms with E-state index >= 15 is 0 Å². The molecular weight excluding hydrogens is 370 g/mol. The van der Waals surface area contributed by atoms with Crippen LogP contribution in [0.2, 0.25) is 0 Å². The molecule has 1 heterocycles. The molecule has 27 heavy (non-hydrogen) atoms. The maximum absolute atomic E-state index is 12.7. The molecule has 2 aliphatic rings. The second-order valence-corrected chi connectivity index (χ2v) is 9.04. The van der Waals surface area contributed by atoms with Crippen LogP contribution in [0.4, 0.5) is 0 Å². The number of hydrogen-bond acceptors (Lipinski definition) is 6. The van der Waals surface area contributed by atoms with Crippen molar-refractivity contribution in [3.63, 3.8) is 0 Å². The van der Waals surface area contributed by atoms with Gasteiger partial charge in [0.05, 0.1) is 43.6 Å². The second-order valence-electron chi connectivity index (χ2n) is 6.93. The summed E-state index contributed by atoms with van der Waals surface area (Å²) < 4.78 is 41.5. The van der Waals surface area contributed by atoms with Crippen LogP contribution < -0.4 is 9.47 Å². The third-order valence-corrected chi connectivity index (χ3v) is 7.07. The molecule has 7 nitrogen and oxygen atoms in total. The number of carbonyl (C=O) groups is 1. The van der Waals surface area contributed by atoms with Gasteiger partial charge in [0.15, 0.2) is 21.3 Å². The lowest BCUT2D eigenvalue weighted by molar-refractivity contribution is -0.149. The molecule has 0 spiro atoms. The molecule has 2 atom stereocenters. The summed E-state index contributed by atoms with van der Waals surface area (Å²) in [4.78, 5) is 14.7. The molecule has 0 radical (unpaired) electrons. The van der Waals surface area contributed by atoms with Gasteiger partial charge in [-0.3, -0.25) is 4.79 Å². The van der Waals surface area contributed by atoms with Crippen molar-refractivity contribution >= 4 is 15.7 Å². The number of amides is 1. The van der Waals surface area contributed by atoms with Crippen molar-refractivity contribution in [1.29, 1.82) is 0 Å². The summed E-state index contributed by atoms with van der Waals surface area (Å²) in [6.45, 7) is 1.06. The van der Waals surface area contributed by atoms with E-state index in [1.165, 1.54) is 26.4 Å². The number of ether oxygens (including phenoxy) is 3. The van der Waals surface area contributed by atoms with Gasteiger partial charge >= 0.3 is 0 Å². The molecule has 2 fully saturated rings. The van der Waals surface area contributed by atoms with Gasteiger partial charge in [-0.05, 0) is 25.0 Å². The lowest BCUT2D eigenvalue weighted by atomic mass is 9.90. The number of methoxy groups -OCH3 is 2. The van der Waals surface area contributed by atoms with E-state index < -0.39 is 9.84 Å². The fourth-order valence-electron chi connectivity index (χ4n) is 3.90. The van der Waals surface area contributed by atoms with Gasteiger partial charge in [0, 0.05) is 19.0 Å². The summed E-state index contributed by atoms with van der Waals surface area (Å²) in [6, 6.07) is 4.56. The van der Waals surface area contributed by atoms with Crippen molar-refractivity contribution in [2.75, 3.05) is 33.1 Å². The number of hydrogen-bond donors (Lipinski definition) is 0. The Morgan fingerprint density at radius 1 is 1.19 bits per heavy atom. The third-order valence-electron chi connectivity index (χ3n) is 5.35. The summed E-state index contributed by atoms with van der Waals surface area (Å²) in [6.07, 6.45) is 4.17. The van der Waals surface area contributed by atoms with E-state index in [-0.39, 0.29) is 35.1 Å². The monoisotopic (exact) mass is 397 g/mol. The van der Waals surface area contributed by atoms with Gasteiger partial charge in [0.25, 0.3) is 0 Å². The Balaban J connectivity index is 1.67. The van der Waals surface area contributed by atoms with Crippen molar-refractivity contribution in [3.8, 4) is 11.5 Å². The van der Waals surface area contributed by atoms with Crippen molar-refractivity contribution in [3.05, 3.63) is 18.2 Å². The molecule has 1 saturated heterocycles. The van der Waals surface area contributed by atoms with Gasteiger partial charge < -0.3 is 19.1 Å². The smallest absolute Gasteiger partial charge is 0.224 e. The highest BCUT2D eigenvalue weighted by Gasteiger charge is 2.36. The number of benzene rings is 1. The normalized spacial score (nSPS) is 22.8. The van der Waals surface area contributed by atoms with Crippen LogP contribution in [0.1, 0.15) is 32.1 Å². The first-order valence-electron chi connectivity index (χ1n) is 9.32. The van der Waals surface area contributed by atoms with Gasteiger partial charge in [-0.1, -0.05) is 12.8 Å². The molecule has 1 aliphatic carbocycles. The Morgan fingerprint density at radius 2 is 1.93 bits per heavy atom. The van der Waals surface area contributed by atoms with E-state index in [1.807, 2.05) is 4.90 Å². The molecule has 0 bridgehead atoms. The Labute approximate surface area is 160 Å². The minimum Gasteiger partial charge on any atom is -0.493 e. The van der Waals surface area contributed by atoms with Gasteiger partial charge in [-0.25, -0.2) is 8.42 Å². The second kappa shape index (κ2) is 8.48. The topological polar surface area (TPSA) is 82.1 Å². The van der Waals surface area contributed by atoms with Gasteiger partial charge in [0.2, 0.25) is 5.91 Å². The van der Waals surface area contributed by atoms with Crippen LogP contribution in [0.3, 0.4) is 0 Å². The Hall–Kier alpha value is -1.80. The van der Waals surface area contributed by atoms with Crippen LogP contribution in [0.5, 0.6) is 11.5 Å². The van der Waals surface area contributed by atoms with Crippen molar-refractivity contribution in [2.45, 2.75) is 49.1 Å². The fourth-order valence-corrected chi connectivity index (χ4v) is 5.14. The predicted molar refractivity (Wildman–Crippen MR) is 99.9 cm³/mol. The molecular formula is C19H27NO6S. The maximum atomic E-state index is 12.7. The average Bonchev–Trinajstić information content (AvgIpc) is 2.71. The lowest BCUT2D eigenvalue weighted by Crippen LogP contribution is -2.55. The first-order chi connectivity index (χ1) is 13.0. The zero-order valence-electron chi connectivity index (χ0n) is 15.8. The lowest BCUT2D eigenvalue weighted by Gasteiger charge is -2.43. The van der Waals surface area contributed by atoms with Crippen molar-refractivity contribution in [2.24, 2.45) is 0 Å². The highest BCUT2D eigenvalue weighted by molar-refractivity contribution is 7.91. The van der Waals surface area contributed by atoms with Gasteiger partial charge in [0.1, 0.15) is 0 Å². The number of nitrogens with zero attached hydrogens (tertiary/aromatic N) is 1. The third kappa shape index (κ3) is 4.38. The fraction of sp³-hybridized carbons (Fsp3) is 0.632. The van der Waals surface area contributed by atoms with E-state index in [1.54, 1.807) is 6.07 Å². The predicted octanol–water partition coefficient (Wildman–Crippen LogP) is 2.04. The molecule has 1 amide bonds. The molecule has 1 aliphatic heterocycles. The molecule has 0 aromatic heterocycles. The summed E-state index contributed by atoms with van der Waals surface area (Å²) in [5.74, 6) is 0.474. The first-order valence-corrected chi connectivity index (χ1v) is 11.0. The van der Waals surface area contributed by atoms with Crippen LogP contribution in [-0.4, -0.2) is 64.5 Å². The van der Waals surface area contributed by atoms with Crippen LogP contribution in [0.15, 0.2) is 23.1 Å². The highest BCUT2D eigenvalue weighted by atomic mass is 32.2. The minimum atomic E-state index is -3.60. The van der Waals surface area contributed by atoms with E-state index in [9.17, 15) is 13.2 Å². The minimum absolute atomic E-state index is 0.0279. The Morgan fingerprint density at radius 3 is 2.67 bits per heavy atom. The standard InChI is InChI=1S/C19H27NO6S/c1-24-17-8-7-14(13-18(17)25-2)27(22,23)12-9-19(21)20-10-11-26-16-6-4-3-5-15(16)20/h7-8,13,15-16H,3-6,9-12H2,1-2H3. The largest absolute Gasteiger partial charge is 0.493 e. The van der Waals surface area contributed by atoms with E-state index in [2.05, 4.69) is 0 Å². The molecule has 150 valence electrons. The zero-order valence-corrected chi connectivity index (χ0v) is 16.7. The molecule has 8 heteroatoms. The molecule has 1 aromatic carbocycles. The number of carbonyl (C=O) groups excluding carboxylic acids is 1. The Kier molecular flexibility index (Phi) is 6.26. The average molecular weight is 397 g/mol. The molecule has 1 saturated carbocycles. The zero-order chi connectivity index (χ0) is 19.4. The van der Waals surface area contributed by atoms with Crippen LogP contribution in [-0.2, 0) is 19.4 Å². The Bertz CT molecular complexity index is 776. The maximum Gasteiger partial charge on any atom is 0.224 e. The van der Waals surface area contributed by atoms with Crippen molar-refractivity contribution in [1.82, 2.24) is 4.90 Å². The highest BCUT2D eigenvalue weighted by Crippen LogP contribution is 2.31. The molecule has 2 unspecified atom stereocenters. The summed E-state index contributed by atoms with van der Waals surface area (Å²) in [5, 5.41) is 0. The van der Waals surface area contributed by atoms with Crippen LogP contribution >= 0.6 is 0 Å². The molecule has 1 aromatic rings. The first kappa shape index (κ1) is 19.9. The van der Waals surface area contributed by atoms with E-state index in [4.69, 9.17) is 14.2 Å². The number of sulfone groups is 1. The van der Waals surface area contributed by atoms with Gasteiger partial charge in [-0.15, -0.1) is 0 Å². The summed E-state index contributed by atoms with van der Waals surface area (Å²) in [7, 11) is -0.648. The van der Waals surface area contributed by atoms with E-state index in [0.717, 1.165) is 25.7 Å². The quantitative estimate of drug-likeness (QED) is 0.731. The summed E-state index contributed by atoms with van der Waals surface area (Å²) >= 11 is 0. The van der Waals surface area contributed by atoms with Gasteiger partial charge in [-0.2, -0.15) is 0 Å². The van der Waals surface area contributed by atoms with Crippen molar-refractivity contribution < 1.29 is 27.4 Å². The SMILES string of the molecule is COc1ccc(S(=O)(=O)CCC(=O)N2CCOC3CCCCC32)cc1OC. The van der Waals surface area contributed by atoms with Crippen LogP contribution in [0.25, 0.3) is 0 Å². The van der Waals surface area contributed by atoms with E-state index in [0.29, 0.717) is 24.7 Å². The molecule has 0 N–H and O–H groups in total.